The quantitative estimate of drug-likeness (QED) is 0.254. The van der Waals surface area contributed by atoms with Crippen LogP contribution in [-0.2, 0) is 4.79 Å². The van der Waals surface area contributed by atoms with Gasteiger partial charge in [0.15, 0.2) is 11.6 Å². The third-order valence-electron chi connectivity index (χ3n) is 6.09. The molecule has 1 amide bonds. The Hall–Kier alpha value is -4.51. The van der Waals surface area contributed by atoms with Gasteiger partial charge in [0, 0.05) is 28.2 Å². The summed E-state index contributed by atoms with van der Waals surface area (Å²) in [5.74, 6) is -0.330. The van der Waals surface area contributed by atoms with Crippen LogP contribution in [0.3, 0.4) is 0 Å². The van der Waals surface area contributed by atoms with Crippen molar-refractivity contribution in [2.75, 3.05) is 5.32 Å². The van der Waals surface area contributed by atoms with Gasteiger partial charge in [0.05, 0.1) is 39.4 Å². The fourth-order valence-electron chi connectivity index (χ4n) is 4.09. The number of hydrogen-bond donors (Lipinski definition) is 3. The van der Waals surface area contributed by atoms with Crippen LogP contribution in [0.25, 0.3) is 55.3 Å². The first-order chi connectivity index (χ1) is 18.2. The lowest BCUT2D eigenvalue weighted by Crippen LogP contribution is -2.27. The van der Waals surface area contributed by atoms with E-state index in [1.165, 1.54) is 23.5 Å². The van der Waals surface area contributed by atoms with E-state index in [-0.39, 0.29) is 17.0 Å². The van der Waals surface area contributed by atoms with Gasteiger partial charge in [0.2, 0.25) is 5.91 Å². The van der Waals surface area contributed by atoms with Crippen molar-refractivity contribution >= 4 is 44.9 Å². The molecule has 0 saturated carbocycles. The molecule has 0 spiro atoms. The molecule has 6 rings (SSSR count). The Morgan fingerprint density at radius 3 is 2.63 bits per heavy atom. The molecule has 0 bridgehead atoms. The maximum atomic E-state index is 16.0. The van der Waals surface area contributed by atoms with Gasteiger partial charge in [0.1, 0.15) is 22.6 Å². The summed E-state index contributed by atoms with van der Waals surface area (Å²) in [7, 11) is 0. The molecule has 6 aromatic heterocycles. The highest BCUT2D eigenvalue weighted by atomic mass is 32.1. The van der Waals surface area contributed by atoms with Crippen molar-refractivity contribution in [1.82, 2.24) is 35.1 Å². The fourth-order valence-corrected chi connectivity index (χ4v) is 4.96. The Morgan fingerprint density at radius 1 is 1.03 bits per heavy atom. The SMILES string of the molecule is Cc1ccc(-c2nccc3[nH]c(-c4n[nH]c5cnc(-c6cncc(NC(=O)C(C)(C)C)c6)c(F)c45)nc23)s1. The number of rotatable bonds is 4. The Labute approximate surface area is 220 Å². The number of hydrogen-bond acceptors (Lipinski definition) is 7. The number of anilines is 1. The van der Waals surface area contributed by atoms with Gasteiger partial charge in [-0.15, -0.1) is 11.3 Å². The summed E-state index contributed by atoms with van der Waals surface area (Å²) >= 11 is 1.63. The standard InChI is InChI=1S/C27H23FN8OS/c1-13-5-6-18(38-13)23-22-16(7-8-30-23)33-25(34-22)24-19-17(35-36-24)12-31-21(20(19)28)14-9-15(11-29-10-14)32-26(37)27(2,3)4/h5-12H,1-4H3,(H,32,37)(H,33,34)(H,35,36). The minimum Gasteiger partial charge on any atom is -0.336 e. The number of fused-ring (bicyclic) bond motifs is 2. The number of aryl methyl sites for hydroxylation is 1. The third-order valence-corrected chi connectivity index (χ3v) is 7.10. The second-order valence-corrected chi connectivity index (χ2v) is 11.3. The normalized spacial score (nSPS) is 11.9. The maximum absolute atomic E-state index is 16.0. The summed E-state index contributed by atoms with van der Waals surface area (Å²) in [6.07, 6.45) is 6.26. The van der Waals surface area contributed by atoms with E-state index >= 15 is 4.39 Å². The number of aromatic nitrogens is 7. The lowest BCUT2D eigenvalue weighted by atomic mass is 9.95. The third kappa shape index (κ3) is 4.10. The largest absolute Gasteiger partial charge is 0.336 e. The topological polar surface area (TPSA) is 125 Å². The Kier molecular flexibility index (Phi) is 5.53. The Balaban J connectivity index is 1.44. The molecule has 0 saturated heterocycles. The molecule has 0 aliphatic carbocycles. The molecule has 0 fully saturated rings. The predicted molar refractivity (Wildman–Crippen MR) is 146 cm³/mol. The zero-order valence-corrected chi connectivity index (χ0v) is 21.9. The van der Waals surface area contributed by atoms with Gasteiger partial charge in [-0.1, -0.05) is 20.8 Å². The minimum atomic E-state index is -0.589. The molecule has 0 aliphatic rings. The lowest BCUT2D eigenvalue weighted by Gasteiger charge is -2.17. The van der Waals surface area contributed by atoms with Crippen molar-refractivity contribution in [2.45, 2.75) is 27.7 Å². The lowest BCUT2D eigenvalue weighted by molar-refractivity contribution is -0.123. The van der Waals surface area contributed by atoms with Crippen LogP contribution in [0.2, 0.25) is 0 Å². The van der Waals surface area contributed by atoms with E-state index in [4.69, 9.17) is 4.98 Å². The summed E-state index contributed by atoms with van der Waals surface area (Å²) in [6.45, 7) is 7.48. The van der Waals surface area contributed by atoms with Gasteiger partial charge in [-0.25, -0.2) is 9.37 Å². The summed E-state index contributed by atoms with van der Waals surface area (Å²) in [6, 6.07) is 7.54. The molecule has 190 valence electrons. The molecule has 38 heavy (non-hydrogen) atoms. The van der Waals surface area contributed by atoms with Crippen molar-refractivity contribution in [2.24, 2.45) is 5.41 Å². The summed E-state index contributed by atoms with van der Waals surface area (Å²) < 4.78 is 16.0. The highest BCUT2D eigenvalue weighted by Crippen LogP contribution is 2.35. The van der Waals surface area contributed by atoms with Crippen LogP contribution in [0.4, 0.5) is 10.1 Å². The Morgan fingerprint density at radius 2 is 1.87 bits per heavy atom. The van der Waals surface area contributed by atoms with Crippen molar-refractivity contribution in [1.29, 1.82) is 0 Å². The van der Waals surface area contributed by atoms with Gasteiger partial charge >= 0.3 is 0 Å². The van der Waals surface area contributed by atoms with Crippen LogP contribution in [0.5, 0.6) is 0 Å². The van der Waals surface area contributed by atoms with Crippen LogP contribution >= 0.6 is 11.3 Å². The number of thiophene rings is 1. The van der Waals surface area contributed by atoms with Crippen molar-refractivity contribution in [3.05, 3.63) is 59.7 Å². The number of halogens is 1. The summed E-state index contributed by atoms with van der Waals surface area (Å²) in [5, 5.41) is 10.3. The van der Waals surface area contributed by atoms with Gasteiger partial charge in [-0.3, -0.25) is 24.8 Å². The number of imidazole rings is 1. The molecule has 6 heterocycles. The fraction of sp³-hybridized carbons (Fsp3) is 0.185. The number of aromatic amines is 2. The van der Waals surface area contributed by atoms with E-state index in [0.29, 0.717) is 33.8 Å². The maximum Gasteiger partial charge on any atom is 0.229 e. The highest BCUT2D eigenvalue weighted by molar-refractivity contribution is 7.15. The van der Waals surface area contributed by atoms with Crippen LogP contribution in [0.15, 0.2) is 49.1 Å². The average molecular weight is 527 g/mol. The Bertz CT molecular complexity index is 1850. The van der Waals surface area contributed by atoms with E-state index < -0.39 is 11.2 Å². The zero-order chi connectivity index (χ0) is 26.6. The van der Waals surface area contributed by atoms with Crippen LogP contribution in [0, 0.1) is 18.2 Å². The molecular weight excluding hydrogens is 503 g/mol. The first-order valence-corrected chi connectivity index (χ1v) is 12.7. The number of nitrogens with one attached hydrogen (secondary N) is 3. The number of carbonyl (C=O) groups is 1. The molecule has 3 N–H and O–H groups in total. The first-order valence-electron chi connectivity index (χ1n) is 11.9. The van der Waals surface area contributed by atoms with Gasteiger partial charge in [-0.05, 0) is 31.2 Å². The smallest absolute Gasteiger partial charge is 0.229 e. The summed E-state index contributed by atoms with van der Waals surface area (Å²) in [5.41, 5.74) is 3.35. The molecule has 0 aromatic carbocycles. The number of amides is 1. The van der Waals surface area contributed by atoms with Crippen LogP contribution in [0.1, 0.15) is 25.6 Å². The van der Waals surface area contributed by atoms with Gasteiger partial charge < -0.3 is 10.3 Å². The molecule has 0 atom stereocenters. The van der Waals surface area contributed by atoms with Gasteiger partial charge in [0.25, 0.3) is 0 Å². The van der Waals surface area contributed by atoms with Crippen molar-refractivity contribution < 1.29 is 9.18 Å². The highest BCUT2D eigenvalue weighted by Gasteiger charge is 2.23. The van der Waals surface area contributed by atoms with Gasteiger partial charge in [-0.2, -0.15) is 5.10 Å². The summed E-state index contributed by atoms with van der Waals surface area (Å²) in [4.78, 5) is 35.7. The van der Waals surface area contributed by atoms with E-state index in [0.717, 1.165) is 16.1 Å². The van der Waals surface area contributed by atoms with Crippen molar-refractivity contribution in [3.8, 4) is 33.3 Å². The van der Waals surface area contributed by atoms with E-state index in [2.05, 4.69) is 35.5 Å². The molecule has 9 nitrogen and oxygen atoms in total. The van der Waals surface area contributed by atoms with E-state index in [1.54, 1.807) is 23.6 Å². The predicted octanol–water partition coefficient (Wildman–Crippen LogP) is 6.12. The molecule has 6 aromatic rings. The molecular formula is C27H23FN8OS. The zero-order valence-electron chi connectivity index (χ0n) is 21.0. The average Bonchev–Trinajstić information content (AvgIpc) is 3.61. The van der Waals surface area contributed by atoms with Crippen LogP contribution < -0.4 is 5.32 Å². The second kappa shape index (κ2) is 8.80. The van der Waals surface area contributed by atoms with E-state index in [1.807, 2.05) is 45.9 Å². The number of carbonyl (C=O) groups excluding carboxylic acids is 1. The second-order valence-electron chi connectivity index (χ2n) is 10.00. The molecule has 0 aliphatic heterocycles. The minimum absolute atomic E-state index is 0.0898. The molecule has 0 radical (unpaired) electrons. The number of pyridine rings is 3. The molecule has 11 heteroatoms. The van der Waals surface area contributed by atoms with E-state index in [9.17, 15) is 4.79 Å². The number of H-pyrrole nitrogens is 2. The monoisotopic (exact) mass is 526 g/mol. The van der Waals surface area contributed by atoms with Crippen LogP contribution in [-0.4, -0.2) is 41.0 Å². The molecule has 0 unspecified atom stereocenters. The number of nitrogens with zero attached hydrogens (tertiary/aromatic N) is 5. The first kappa shape index (κ1) is 23.9. The van der Waals surface area contributed by atoms with Crippen molar-refractivity contribution in [3.63, 3.8) is 0 Å².